The standard InChI is InChI=1S/C16H13N2.C5H4N2O2.Ir/c1-13-10-11-18(17-13)16-9-5-8-15(12-16)14-6-3-2-4-7-14;8-5(9)7-4-2-1-3-6-7;/h2-8,10-12H,1H3;1-4H;/q-1;;/p+1. The minimum absolute atomic E-state index is 0. The average molecular weight is 551 g/mol. The first-order valence-electron chi connectivity index (χ1n) is 8.29. The Balaban J connectivity index is 0.000000239. The predicted octanol–water partition coefficient (Wildman–Crippen LogP) is 3.54. The fraction of sp³-hybridized carbons (Fsp3) is 0.0476. The Morgan fingerprint density at radius 2 is 1.86 bits per heavy atom. The zero-order chi connectivity index (χ0) is 19.1. The molecule has 0 unspecified atom stereocenters. The molecule has 0 atom stereocenters. The topological polar surface area (TPSA) is 71.9 Å². The second-order valence-electron chi connectivity index (χ2n) is 5.66. The van der Waals surface area contributed by atoms with E-state index in [0.29, 0.717) is 0 Å². The first-order valence-corrected chi connectivity index (χ1v) is 8.29. The Hall–Kier alpha value is -3.15. The summed E-state index contributed by atoms with van der Waals surface area (Å²) < 4.78 is 2.68. The van der Waals surface area contributed by atoms with Crippen LogP contribution in [0.3, 0.4) is 0 Å². The van der Waals surface area contributed by atoms with Crippen molar-refractivity contribution in [3.8, 4) is 16.8 Å². The summed E-state index contributed by atoms with van der Waals surface area (Å²) in [6.45, 7) is 1.98. The molecule has 4 rings (SSSR count). The van der Waals surface area contributed by atoms with Crippen LogP contribution in [0.4, 0.5) is 4.79 Å². The van der Waals surface area contributed by atoms with Crippen molar-refractivity contribution in [3.63, 3.8) is 0 Å². The third kappa shape index (κ3) is 5.67. The number of rotatable bonds is 2. The fourth-order valence-corrected chi connectivity index (χ4v) is 2.39. The third-order valence-corrected chi connectivity index (χ3v) is 3.67. The summed E-state index contributed by atoms with van der Waals surface area (Å²) in [6, 6.07) is 24.9. The minimum Gasteiger partial charge on any atom is -0.425 e. The van der Waals surface area contributed by atoms with E-state index < -0.39 is 6.09 Å². The number of carbonyl (C=O) groups is 1. The minimum atomic E-state index is -1.07. The molecule has 28 heavy (non-hydrogen) atoms. The number of benzene rings is 2. The van der Waals surface area contributed by atoms with Gasteiger partial charge in [0.05, 0.1) is 11.9 Å². The molecule has 0 saturated heterocycles. The average Bonchev–Trinajstić information content (AvgIpc) is 3.16. The summed E-state index contributed by atoms with van der Waals surface area (Å²) in [7, 11) is 0. The van der Waals surface area contributed by atoms with Crippen molar-refractivity contribution >= 4 is 6.09 Å². The van der Waals surface area contributed by atoms with Crippen molar-refractivity contribution < 1.29 is 34.7 Å². The molecule has 2 aromatic carbocycles. The molecule has 143 valence electrons. The molecule has 0 bridgehead atoms. The molecule has 2 aromatic heterocycles. The van der Waals surface area contributed by atoms with Gasteiger partial charge in [0.1, 0.15) is 0 Å². The van der Waals surface area contributed by atoms with E-state index in [1.807, 2.05) is 48.1 Å². The maximum atomic E-state index is 10.1. The summed E-state index contributed by atoms with van der Waals surface area (Å²) in [5.41, 5.74) is 4.35. The van der Waals surface area contributed by atoms with Gasteiger partial charge in [-0.3, -0.25) is 4.68 Å². The monoisotopic (exact) mass is 551 g/mol. The van der Waals surface area contributed by atoms with E-state index in [0.717, 1.165) is 16.1 Å². The van der Waals surface area contributed by atoms with Crippen LogP contribution in [0.5, 0.6) is 0 Å². The van der Waals surface area contributed by atoms with Gasteiger partial charge in [-0.1, -0.05) is 30.3 Å². The maximum absolute atomic E-state index is 10.1. The quantitative estimate of drug-likeness (QED) is 0.306. The van der Waals surface area contributed by atoms with Crippen molar-refractivity contribution in [2.75, 3.05) is 0 Å². The second kappa shape index (κ2) is 10.3. The number of aromatic nitrogens is 4. The molecule has 0 amide bonds. The van der Waals surface area contributed by atoms with E-state index in [1.54, 1.807) is 12.1 Å². The number of nitrogens with zero attached hydrogens (tertiary/aromatic N) is 4. The van der Waals surface area contributed by atoms with E-state index >= 15 is 0 Å². The van der Waals surface area contributed by atoms with Crippen LogP contribution < -0.4 is 4.68 Å². The molecule has 1 N–H and O–H groups in total. The Labute approximate surface area is 176 Å². The Morgan fingerprint density at radius 1 is 1.07 bits per heavy atom. The first kappa shape index (κ1) is 21.2. The van der Waals surface area contributed by atoms with Crippen LogP contribution in [0.15, 0.2) is 85.3 Å². The van der Waals surface area contributed by atoms with Crippen LogP contribution in [-0.2, 0) is 20.1 Å². The summed E-state index contributed by atoms with van der Waals surface area (Å²) in [4.78, 5) is 10.1. The summed E-state index contributed by atoms with van der Waals surface area (Å²) in [6.07, 6.45) is 3.66. The van der Waals surface area contributed by atoms with Crippen LogP contribution in [-0.4, -0.2) is 26.1 Å². The number of hydrogen-bond acceptors (Lipinski definition) is 3. The fourth-order valence-electron chi connectivity index (χ4n) is 2.39. The predicted molar refractivity (Wildman–Crippen MR) is 100 cm³/mol. The van der Waals surface area contributed by atoms with Crippen molar-refractivity contribution in [1.82, 2.24) is 14.9 Å². The molecule has 1 radical (unpaired) electrons. The van der Waals surface area contributed by atoms with E-state index in [9.17, 15) is 4.79 Å². The van der Waals surface area contributed by atoms with Gasteiger partial charge in [0.15, 0.2) is 0 Å². The van der Waals surface area contributed by atoms with Crippen LogP contribution in [0.2, 0.25) is 0 Å². The van der Waals surface area contributed by atoms with Crippen LogP contribution in [0, 0.1) is 13.0 Å². The Morgan fingerprint density at radius 3 is 2.43 bits per heavy atom. The van der Waals surface area contributed by atoms with Gasteiger partial charge in [-0.25, -0.2) is 0 Å². The molecule has 7 heteroatoms. The van der Waals surface area contributed by atoms with Gasteiger partial charge in [0.25, 0.3) is 0 Å². The summed E-state index contributed by atoms with van der Waals surface area (Å²) in [5, 5.41) is 16.2. The van der Waals surface area contributed by atoms with Crippen molar-refractivity contribution in [1.29, 1.82) is 0 Å². The smallest absolute Gasteiger partial charge is 0.425 e. The molecule has 0 aliphatic rings. The van der Waals surface area contributed by atoms with Gasteiger partial charge < -0.3 is 5.11 Å². The molecule has 0 aliphatic heterocycles. The van der Waals surface area contributed by atoms with Crippen molar-refractivity contribution in [3.05, 3.63) is 97.1 Å². The largest absolute Gasteiger partial charge is 0.625 e. The Kier molecular flexibility index (Phi) is 7.75. The van der Waals surface area contributed by atoms with Crippen LogP contribution in [0.1, 0.15) is 5.69 Å². The van der Waals surface area contributed by atoms with Crippen molar-refractivity contribution in [2.24, 2.45) is 0 Å². The number of carboxylic acid groups (broad SMARTS) is 1. The van der Waals surface area contributed by atoms with Crippen molar-refractivity contribution in [2.45, 2.75) is 6.92 Å². The van der Waals surface area contributed by atoms with Gasteiger partial charge in [0, 0.05) is 42.1 Å². The summed E-state index contributed by atoms with van der Waals surface area (Å²) in [5.74, 6) is 0. The van der Waals surface area contributed by atoms with E-state index in [4.69, 9.17) is 5.11 Å². The van der Waals surface area contributed by atoms with Crippen LogP contribution >= 0.6 is 0 Å². The van der Waals surface area contributed by atoms with E-state index in [-0.39, 0.29) is 20.1 Å². The molecule has 6 nitrogen and oxygen atoms in total. The molecule has 0 spiro atoms. The molecule has 2 heterocycles. The zero-order valence-corrected chi connectivity index (χ0v) is 17.5. The number of hydrogen-bond donors (Lipinski definition) is 1. The van der Waals surface area contributed by atoms with Gasteiger partial charge >= 0.3 is 6.09 Å². The summed E-state index contributed by atoms with van der Waals surface area (Å²) >= 11 is 0. The normalized spacial score (nSPS) is 9.61. The molecular formula is C21H18IrN4O2. The van der Waals surface area contributed by atoms with E-state index in [1.165, 1.54) is 23.5 Å². The molecule has 0 aliphatic carbocycles. The molecule has 0 fully saturated rings. The van der Waals surface area contributed by atoms with Gasteiger partial charge in [-0.2, -0.15) is 28.1 Å². The molecular weight excluding hydrogens is 532 g/mol. The Bertz CT molecular complexity index is 1020. The van der Waals surface area contributed by atoms with Crippen LogP contribution in [0.25, 0.3) is 16.8 Å². The van der Waals surface area contributed by atoms with Gasteiger partial charge in [-0.05, 0) is 30.3 Å². The van der Waals surface area contributed by atoms with Gasteiger partial charge in [0.2, 0.25) is 6.20 Å². The maximum Gasteiger partial charge on any atom is 0.625 e. The van der Waals surface area contributed by atoms with Gasteiger partial charge in [-0.15, -0.1) is 11.6 Å². The SMILES string of the molecule is Cc1ccn(-c2[c-]ccc(-c3ccccc3)c2)n1.O=C(O)[n+]1ccccn1.[Ir]. The third-order valence-electron chi connectivity index (χ3n) is 3.67. The number of aryl methyl sites for hydroxylation is 1. The molecule has 4 aromatic rings. The second-order valence-corrected chi connectivity index (χ2v) is 5.66. The molecule has 0 saturated carbocycles. The van der Waals surface area contributed by atoms with E-state index in [2.05, 4.69) is 40.5 Å². The zero-order valence-electron chi connectivity index (χ0n) is 15.1. The first-order chi connectivity index (χ1) is 13.1.